The minimum absolute atomic E-state index is 0.0404. The van der Waals surface area contributed by atoms with Gasteiger partial charge >= 0.3 is 0 Å². The fraction of sp³-hybridized carbons (Fsp3) is 0.235. The summed E-state index contributed by atoms with van der Waals surface area (Å²) in [5.41, 5.74) is 1.00. The Hall–Kier alpha value is -2.21. The first-order chi connectivity index (χ1) is 11.2. The maximum Gasteiger partial charge on any atom is 0.246 e. The number of aromatic nitrogens is 2. The summed E-state index contributed by atoms with van der Waals surface area (Å²) < 4.78 is 1.00. The van der Waals surface area contributed by atoms with Gasteiger partial charge in [-0.15, -0.1) is 0 Å². The summed E-state index contributed by atoms with van der Waals surface area (Å²) in [5, 5.41) is 0. The molecule has 0 bridgehead atoms. The van der Waals surface area contributed by atoms with E-state index >= 15 is 0 Å². The molecule has 1 aliphatic heterocycles. The van der Waals surface area contributed by atoms with E-state index in [1.807, 2.05) is 35.2 Å². The Balaban J connectivity index is 1.56. The average Bonchev–Trinajstić information content (AvgIpc) is 2.61. The second kappa shape index (κ2) is 7.37. The van der Waals surface area contributed by atoms with Gasteiger partial charge in [-0.3, -0.25) is 4.79 Å². The van der Waals surface area contributed by atoms with E-state index in [0.29, 0.717) is 13.1 Å². The van der Waals surface area contributed by atoms with Crippen LogP contribution in [0.1, 0.15) is 5.56 Å². The van der Waals surface area contributed by atoms with Crippen molar-refractivity contribution in [2.45, 2.75) is 0 Å². The van der Waals surface area contributed by atoms with Crippen LogP contribution in [0.25, 0.3) is 6.08 Å². The maximum absolute atomic E-state index is 12.3. The van der Waals surface area contributed by atoms with Gasteiger partial charge in [0.05, 0.1) is 0 Å². The highest BCUT2D eigenvalue weighted by molar-refractivity contribution is 9.10. The van der Waals surface area contributed by atoms with Crippen LogP contribution in [0.15, 0.2) is 53.3 Å². The maximum atomic E-state index is 12.3. The highest BCUT2D eigenvalue weighted by atomic mass is 79.9. The molecule has 1 fully saturated rings. The average molecular weight is 373 g/mol. The Morgan fingerprint density at radius 3 is 2.52 bits per heavy atom. The molecule has 2 aromatic rings. The molecule has 23 heavy (non-hydrogen) atoms. The molecule has 1 saturated heterocycles. The summed E-state index contributed by atoms with van der Waals surface area (Å²) in [5.74, 6) is 0.767. The number of piperazine rings is 1. The van der Waals surface area contributed by atoms with Crippen molar-refractivity contribution in [3.63, 3.8) is 0 Å². The number of nitrogens with zero attached hydrogens (tertiary/aromatic N) is 4. The second-order valence-corrected chi connectivity index (χ2v) is 6.17. The van der Waals surface area contributed by atoms with Crippen LogP contribution in [-0.2, 0) is 4.79 Å². The first kappa shape index (κ1) is 15.7. The van der Waals surface area contributed by atoms with Crippen LogP contribution in [0.5, 0.6) is 0 Å². The van der Waals surface area contributed by atoms with Crippen LogP contribution in [0.3, 0.4) is 0 Å². The number of halogens is 1. The highest BCUT2D eigenvalue weighted by Gasteiger charge is 2.20. The molecule has 0 N–H and O–H groups in total. The Labute approximate surface area is 143 Å². The molecule has 0 saturated carbocycles. The van der Waals surface area contributed by atoms with Crippen molar-refractivity contribution in [1.82, 2.24) is 14.9 Å². The van der Waals surface area contributed by atoms with Gasteiger partial charge in [-0.25, -0.2) is 9.97 Å². The molecule has 0 radical (unpaired) electrons. The van der Waals surface area contributed by atoms with Crippen LogP contribution >= 0.6 is 15.9 Å². The van der Waals surface area contributed by atoms with Gasteiger partial charge in [0.1, 0.15) is 0 Å². The van der Waals surface area contributed by atoms with Crippen molar-refractivity contribution >= 4 is 33.9 Å². The number of hydrogen-bond acceptors (Lipinski definition) is 4. The summed E-state index contributed by atoms with van der Waals surface area (Å²) in [7, 11) is 0. The third-order valence-corrected chi connectivity index (χ3v) is 4.19. The lowest BCUT2D eigenvalue weighted by Crippen LogP contribution is -2.48. The molecule has 0 aliphatic carbocycles. The topological polar surface area (TPSA) is 49.3 Å². The van der Waals surface area contributed by atoms with Gasteiger partial charge in [0.25, 0.3) is 0 Å². The van der Waals surface area contributed by atoms with Crippen LogP contribution in [-0.4, -0.2) is 47.0 Å². The highest BCUT2D eigenvalue weighted by Crippen LogP contribution is 2.14. The Kier molecular flexibility index (Phi) is 5.02. The standard InChI is InChI=1S/C17H17BrN4O/c18-15-4-1-3-14(13-15)5-6-16(23)21-9-11-22(12-10-21)17-19-7-2-8-20-17/h1-8,13H,9-12H2. The lowest BCUT2D eigenvalue weighted by atomic mass is 10.2. The molecule has 1 aromatic carbocycles. The molecular weight excluding hydrogens is 356 g/mol. The molecular formula is C17H17BrN4O. The quantitative estimate of drug-likeness (QED) is 0.777. The molecule has 0 atom stereocenters. The number of anilines is 1. The largest absolute Gasteiger partial charge is 0.337 e. The van der Waals surface area contributed by atoms with Crippen LogP contribution < -0.4 is 4.90 Å². The second-order valence-electron chi connectivity index (χ2n) is 5.25. The summed E-state index contributed by atoms with van der Waals surface area (Å²) >= 11 is 3.43. The predicted molar refractivity (Wildman–Crippen MR) is 94.0 cm³/mol. The molecule has 6 heteroatoms. The Morgan fingerprint density at radius 1 is 1.09 bits per heavy atom. The van der Waals surface area contributed by atoms with Crippen LogP contribution in [0.4, 0.5) is 5.95 Å². The van der Waals surface area contributed by atoms with E-state index < -0.39 is 0 Å². The SMILES string of the molecule is O=C(C=Cc1cccc(Br)c1)N1CCN(c2ncccn2)CC1. The summed E-state index contributed by atoms with van der Waals surface area (Å²) in [6.45, 7) is 2.86. The number of benzene rings is 1. The third-order valence-electron chi connectivity index (χ3n) is 3.69. The minimum Gasteiger partial charge on any atom is -0.337 e. The molecule has 5 nitrogen and oxygen atoms in total. The van der Waals surface area contributed by atoms with Crippen molar-refractivity contribution in [3.05, 3.63) is 58.8 Å². The monoisotopic (exact) mass is 372 g/mol. The normalized spacial score (nSPS) is 15.2. The van der Waals surface area contributed by atoms with E-state index in [4.69, 9.17) is 0 Å². The van der Waals surface area contributed by atoms with E-state index in [1.54, 1.807) is 24.5 Å². The zero-order valence-electron chi connectivity index (χ0n) is 12.6. The molecule has 3 rings (SSSR count). The van der Waals surface area contributed by atoms with Gasteiger partial charge in [-0.2, -0.15) is 0 Å². The van der Waals surface area contributed by atoms with E-state index in [2.05, 4.69) is 30.8 Å². The number of carbonyl (C=O) groups is 1. The number of amides is 1. The molecule has 118 valence electrons. The fourth-order valence-electron chi connectivity index (χ4n) is 2.46. The van der Waals surface area contributed by atoms with Gasteiger partial charge < -0.3 is 9.80 Å². The molecule has 0 unspecified atom stereocenters. The molecule has 2 heterocycles. The summed E-state index contributed by atoms with van der Waals surface area (Å²) in [4.78, 5) is 24.7. The third kappa shape index (κ3) is 4.16. The Morgan fingerprint density at radius 2 is 1.83 bits per heavy atom. The van der Waals surface area contributed by atoms with Crippen LogP contribution in [0, 0.1) is 0 Å². The van der Waals surface area contributed by atoms with Crippen molar-refractivity contribution in [3.8, 4) is 0 Å². The van der Waals surface area contributed by atoms with Crippen LogP contribution in [0.2, 0.25) is 0 Å². The van der Waals surface area contributed by atoms with E-state index in [-0.39, 0.29) is 5.91 Å². The molecule has 1 aromatic heterocycles. The zero-order chi connectivity index (χ0) is 16.1. The predicted octanol–water partition coefficient (Wildman–Crippen LogP) is 2.60. The lowest BCUT2D eigenvalue weighted by molar-refractivity contribution is -0.126. The van der Waals surface area contributed by atoms with Crippen molar-refractivity contribution < 1.29 is 4.79 Å². The first-order valence-electron chi connectivity index (χ1n) is 7.47. The van der Waals surface area contributed by atoms with Gasteiger partial charge in [-0.05, 0) is 29.8 Å². The smallest absolute Gasteiger partial charge is 0.246 e. The zero-order valence-corrected chi connectivity index (χ0v) is 14.2. The van der Waals surface area contributed by atoms with Crippen molar-refractivity contribution in [2.24, 2.45) is 0 Å². The number of rotatable bonds is 3. The molecule has 0 spiro atoms. The van der Waals surface area contributed by atoms with Gasteiger partial charge in [0.15, 0.2) is 0 Å². The molecule has 1 amide bonds. The van der Waals surface area contributed by atoms with E-state index in [1.165, 1.54) is 0 Å². The minimum atomic E-state index is 0.0404. The van der Waals surface area contributed by atoms with Crippen molar-refractivity contribution in [1.29, 1.82) is 0 Å². The summed E-state index contributed by atoms with van der Waals surface area (Å²) in [6, 6.07) is 9.67. The fourth-order valence-corrected chi connectivity index (χ4v) is 2.88. The van der Waals surface area contributed by atoms with E-state index in [0.717, 1.165) is 29.1 Å². The van der Waals surface area contributed by atoms with Gasteiger partial charge in [0.2, 0.25) is 11.9 Å². The lowest BCUT2D eigenvalue weighted by Gasteiger charge is -2.34. The molecule has 1 aliphatic rings. The Bertz CT molecular complexity index is 697. The number of carbonyl (C=O) groups excluding carboxylic acids is 1. The van der Waals surface area contributed by atoms with Gasteiger partial charge in [-0.1, -0.05) is 28.1 Å². The van der Waals surface area contributed by atoms with Gasteiger partial charge in [0, 0.05) is 49.1 Å². The summed E-state index contributed by atoms with van der Waals surface area (Å²) in [6.07, 6.45) is 6.96. The number of hydrogen-bond donors (Lipinski definition) is 0. The van der Waals surface area contributed by atoms with E-state index in [9.17, 15) is 4.79 Å². The first-order valence-corrected chi connectivity index (χ1v) is 8.26. The van der Waals surface area contributed by atoms with Crippen molar-refractivity contribution in [2.75, 3.05) is 31.1 Å².